The van der Waals surface area contributed by atoms with Gasteiger partial charge in [0, 0.05) is 5.57 Å². The highest BCUT2D eigenvalue weighted by atomic mass is 31.2. The van der Waals surface area contributed by atoms with Crippen molar-refractivity contribution in [3.05, 3.63) is 12.2 Å². The van der Waals surface area contributed by atoms with Crippen molar-refractivity contribution < 1.29 is 28.4 Å². The minimum atomic E-state index is -4.60. The second kappa shape index (κ2) is 12.6. The average Bonchev–Trinajstić information content (AvgIpc) is 2.49. The molecule has 0 aliphatic heterocycles. The van der Waals surface area contributed by atoms with E-state index in [1.807, 2.05) is 0 Å². The van der Waals surface area contributed by atoms with Gasteiger partial charge in [0.05, 0.1) is 6.61 Å². The van der Waals surface area contributed by atoms with Gasteiger partial charge in [-0.3, -0.25) is 4.52 Å². The Labute approximate surface area is 145 Å². The lowest BCUT2D eigenvalue weighted by Crippen LogP contribution is -2.31. The summed E-state index contributed by atoms with van der Waals surface area (Å²) in [6, 6.07) is 0. The molecule has 2 N–H and O–H groups in total. The van der Waals surface area contributed by atoms with Gasteiger partial charge in [0.1, 0.15) is 6.10 Å². The Hall–Kier alpha value is -0.680. The Morgan fingerprint density at radius 2 is 1.58 bits per heavy atom. The number of esters is 1. The number of phosphoric acid groups is 1. The third-order valence-corrected chi connectivity index (χ3v) is 4.38. The third-order valence-electron chi connectivity index (χ3n) is 3.90. The zero-order valence-corrected chi connectivity index (χ0v) is 16.1. The van der Waals surface area contributed by atoms with Gasteiger partial charge in [-0.15, -0.1) is 0 Å². The van der Waals surface area contributed by atoms with Crippen molar-refractivity contribution in [1.29, 1.82) is 0 Å². The fraction of sp³-hybridized carbons (Fsp3) is 0.824. The first-order chi connectivity index (χ1) is 11.2. The average molecular weight is 364 g/mol. The number of rotatable bonds is 14. The third kappa shape index (κ3) is 11.8. The van der Waals surface area contributed by atoms with E-state index in [1.54, 1.807) is 6.92 Å². The van der Waals surface area contributed by atoms with Crippen LogP contribution >= 0.6 is 7.82 Å². The van der Waals surface area contributed by atoms with Crippen molar-refractivity contribution in [2.24, 2.45) is 5.92 Å². The minimum absolute atomic E-state index is 0.0259. The lowest BCUT2D eigenvalue weighted by Gasteiger charge is -2.27. The second-order valence-corrected chi connectivity index (χ2v) is 7.50. The van der Waals surface area contributed by atoms with Gasteiger partial charge in [-0.1, -0.05) is 59.0 Å². The van der Waals surface area contributed by atoms with Crippen LogP contribution in [-0.4, -0.2) is 28.5 Å². The van der Waals surface area contributed by atoms with Crippen LogP contribution in [0.4, 0.5) is 0 Å². The van der Waals surface area contributed by atoms with E-state index in [0.717, 1.165) is 51.4 Å². The molecule has 1 unspecified atom stereocenters. The summed E-state index contributed by atoms with van der Waals surface area (Å²) < 4.78 is 21.1. The predicted octanol–water partition coefficient (Wildman–Crippen LogP) is 4.36. The number of carbonyl (C=O) groups excluding carboxylic acids is 1. The Bertz CT molecular complexity index is 407. The molecule has 24 heavy (non-hydrogen) atoms. The Kier molecular flexibility index (Phi) is 12.3. The highest BCUT2D eigenvalue weighted by Crippen LogP contribution is 2.37. The summed E-state index contributed by atoms with van der Waals surface area (Å²) in [5.74, 6) is -0.525. The second-order valence-electron chi connectivity index (χ2n) is 6.26. The van der Waals surface area contributed by atoms with E-state index in [-0.39, 0.29) is 18.1 Å². The van der Waals surface area contributed by atoms with Crippen molar-refractivity contribution >= 4 is 13.8 Å². The molecule has 0 heterocycles. The first-order valence-corrected chi connectivity index (χ1v) is 10.3. The first kappa shape index (κ1) is 23.3. The molecule has 0 fully saturated rings. The summed E-state index contributed by atoms with van der Waals surface area (Å²) in [7, 11) is -4.60. The van der Waals surface area contributed by atoms with E-state index in [9.17, 15) is 9.36 Å². The minimum Gasteiger partial charge on any atom is -0.456 e. The van der Waals surface area contributed by atoms with Crippen LogP contribution in [0.25, 0.3) is 0 Å². The van der Waals surface area contributed by atoms with Crippen LogP contribution in [0.3, 0.4) is 0 Å². The molecular formula is C17H33O6P. The molecule has 0 bridgehead atoms. The Morgan fingerprint density at radius 1 is 1.08 bits per heavy atom. The summed E-state index contributed by atoms with van der Waals surface area (Å²) >= 11 is 0. The number of hydrogen-bond donors (Lipinski definition) is 2. The molecule has 7 heteroatoms. The molecular weight excluding hydrogens is 331 g/mol. The fourth-order valence-electron chi connectivity index (χ4n) is 2.50. The van der Waals surface area contributed by atoms with Crippen LogP contribution in [0, 0.1) is 5.92 Å². The molecule has 0 amide bonds. The normalized spacial score (nSPS) is 13.1. The number of ether oxygens (including phenoxy) is 1. The molecule has 1 atom stereocenters. The Balaban J connectivity index is 4.99. The topological polar surface area (TPSA) is 93.1 Å². The van der Waals surface area contributed by atoms with Gasteiger partial charge in [0.2, 0.25) is 0 Å². The van der Waals surface area contributed by atoms with Crippen molar-refractivity contribution in [2.45, 2.75) is 78.2 Å². The van der Waals surface area contributed by atoms with Crippen LogP contribution in [0.5, 0.6) is 0 Å². The highest BCUT2D eigenvalue weighted by Gasteiger charge is 2.28. The van der Waals surface area contributed by atoms with Crippen LogP contribution < -0.4 is 0 Å². The molecule has 0 aliphatic rings. The van der Waals surface area contributed by atoms with Gasteiger partial charge in [0.15, 0.2) is 0 Å². The van der Waals surface area contributed by atoms with Crippen LogP contribution in [-0.2, 0) is 18.6 Å². The molecule has 0 saturated heterocycles. The van der Waals surface area contributed by atoms with E-state index in [0.29, 0.717) is 0 Å². The van der Waals surface area contributed by atoms with Crippen LogP contribution in [0.15, 0.2) is 12.2 Å². The highest BCUT2D eigenvalue weighted by molar-refractivity contribution is 7.46. The van der Waals surface area contributed by atoms with Gasteiger partial charge >= 0.3 is 13.8 Å². The number of hydrogen-bond acceptors (Lipinski definition) is 4. The van der Waals surface area contributed by atoms with E-state index in [1.165, 1.54) is 0 Å². The van der Waals surface area contributed by atoms with Gasteiger partial charge in [-0.05, 0) is 25.7 Å². The van der Waals surface area contributed by atoms with Gasteiger partial charge in [0.25, 0.3) is 0 Å². The number of phosphoric ester groups is 1. The summed E-state index contributed by atoms with van der Waals surface area (Å²) in [6.45, 7) is 9.03. The SMILES string of the molecule is C=C(C)C(=O)OC(COP(=O)(O)O)C(CCCCC)CCCCC. The van der Waals surface area contributed by atoms with E-state index in [4.69, 9.17) is 14.5 Å². The van der Waals surface area contributed by atoms with Gasteiger partial charge in [-0.25, -0.2) is 9.36 Å². The predicted molar refractivity (Wildman–Crippen MR) is 94.5 cm³/mol. The van der Waals surface area contributed by atoms with Crippen molar-refractivity contribution in [3.63, 3.8) is 0 Å². The number of carbonyl (C=O) groups is 1. The number of unbranched alkanes of at least 4 members (excludes halogenated alkanes) is 4. The van der Waals surface area contributed by atoms with Gasteiger partial charge < -0.3 is 14.5 Å². The standard InChI is InChI=1S/C17H33O6P/c1-5-7-9-11-15(12-10-8-6-2)16(13-22-24(19,20)21)23-17(18)14(3)4/h15-16H,3,5-13H2,1-2,4H3,(H2,19,20,21). The Morgan fingerprint density at radius 3 is 1.96 bits per heavy atom. The lowest BCUT2D eigenvalue weighted by molar-refractivity contribution is -0.149. The maximum atomic E-state index is 11.9. The summed E-state index contributed by atoms with van der Waals surface area (Å²) in [5, 5.41) is 0. The molecule has 0 spiro atoms. The van der Waals surface area contributed by atoms with Crippen molar-refractivity contribution in [3.8, 4) is 0 Å². The monoisotopic (exact) mass is 364 g/mol. The molecule has 0 aromatic heterocycles. The van der Waals surface area contributed by atoms with Crippen molar-refractivity contribution in [1.82, 2.24) is 0 Å². The van der Waals surface area contributed by atoms with Crippen LogP contribution in [0.1, 0.15) is 72.1 Å². The van der Waals surface area contributed by atoms with Crippen LogP contribution in [0.2, 0.25) is 0 Å². The van der Waals surface area contributed by atoms with Gasteiger partial charge in [-0.2, -0.15) is 0 Å². The maximum Gasteiger partial charge on any atom is 0.469 e. The van der Waals surface area contributed by atoms with E-state index < -0.39 is 19.9 Å². The lowest BCUT2D eigenvalue weighted by atomic mass is 9.90. The molecule has 6 nitrogen and oxygen atoms in total. The molecule has 0 rings (SSSR count). The fourth-order valence-corrected chi connectivity index (χ4v) is 2.85. The molecule has 0 radical (unpaired) electrons. The first-order valence-electron chi connectivity index (χ1n) is 8.77. The molecule has 0 saturated carbocycles. The van der Waals surface area contributed by atoms with E-state index >= 15 is 0 Å². The zero-order valence-electron chi connectivity index (χ0n) is 15.2. The van der Waals surface area contributed by atoms with E-state index in [2.05, 4.69) is 25.0 Å². The molecule has 0 aromatic carbocycles. The maximum absolute atomic E-state index is 11.9. The zero-order chi connectivity index (χ0) is 18.6. The summed E-state index contributed by atoms with van der Waals surface area (Å²) in [5.41, 5.74) is 0.261. The molecule has 0 aromatic rings. The quantitative estimate of drug-likeness (QED) is 0.206. The molecule has 0 aliphatic carbocycles. The largest absolute Gasteiger partial charge is 0.469 e. The summed E-state index contributed by atoms with van der Waals surface area (Å²) in [4.78, 5) is 29.8. The summed E-state index contributed by atoms with van der Waals surface area (Å²) in [6.07, 6.45) is 7.31. The van der Waals surface area contributed by atoms with Crippen molar-refractivity contribution in [2.75, 3.05) is 6.61 Å². The smallest absolute Gasteiger partial charge is 0.456 e. The molecule has 142 valence electrons.